The molecule has 0 heterocycles. The van der Waals surface area contributed by atoms with Crippen LogP contribution < -0.4 is 10.5 Å². The van der Waals surface area contributed by atoms with E-state index in [0.717, 1.165) is 37.0 Å². The van der Waals surface area contributed by atoms with Crippen LogP contribution in [0, 0.1) is 5.92 Å². The summed E-state index contributed by atoms with van der Waals surface area (Å²) in [4.78, 5) is 12.2. The molecule has 1 aliphatic rings. The first kappa shape index (κ1) is 13.1. The van der Waals surface area contributed by atoms with Crippen molar-refractivity contribution in [1.29, 1.82) is 0 Å². The molecule has 18 heavy (non-hydrogen) atoms. The normalized spacial score (nSPS) is 23.7. The van der Waals surface area contributed by atoms with Crippen molar-refractivity contribution in [2.45, 2.75) is 38.1 Å². The average molecular weight is 247 g/mol. The zero-order valence-electron chi connectivity index (χ0n) is 10.9. The highest BCUT2D eigenvalue weighted by molar-refractivity contribution is 5.84. The number of ketones is 1. The third-order valence-electron chi connectivity index (χ3n) is 3.78. The number of hydrogen-bond donors (Lipinski definition) is 1. The van der Waals surface area contributed by atoms with Gasteiger partial charge in [-0.05, 0) is 31.7 Å². The van der Waals surface area contributed by atoms with Crippen molar-refractivity contribution in [1.82, 2.24) is 0 Å². The number of nitrogens with two attached hydrogens (primary N) is 1. The van der Waals surface area contributed by atoms with Crippen LogP contribution in [0.25, 0.3) is 0 Å². The SMILES string of the molecule is COc1ccccc1CC(=O)C1CCC(N)CC1. The van der Waals surface area contributed by atoms with Gasteiger partial charge < -0.3 is 10.5 Å². The van der Waals surface area contributed by atoms with Crippen LogP contribution in [-0.4, -0.2) is 18.9 Å². The van der Waals surface area contributed by atoms with Crippen LogP contribution in [0.5, 0.6) is 5.75 Å². The molecule has 0 bridgehead atoms. The second kappa shape index (κ2) is 6.01. The van der Waals surface area contributed by atoms with E-state index in [4.69, 9.17) is 10.5 Å². The lowest BCUT2D eigenvalue weighted by atomic mass is 9.82. The lowest BCUT2D eigenvalue weighted by Crippen LogP contribution is -2.30. The Balaban J connectivity index is 1.98. The predicted molar refractivity (Wildman–Crippen MR) is 71.6 cm³/mol. The quantitative estimate of drug-likeness (QED) is 0.888. The fraction of sp³-hybridized carbons (Fsp3) is 0.533. The number of benzene rings is 1. The molecule has 2 N–H and O–H groups in total. The Morgan fingerprint density at radius 1 is 1.28 bits per heavy atom. The molecule has 0 unspecified atom stereocenters. The highest BCUT2D eigenvalue weighted by Crippen LogP contribution is 2.26. The molecule has 1 fully saturated rings. The average Bonchev–Trinajstić information content (AvgIpc) is 2.40. The number of carbonyl (C=O) groups excluding carboxylic acids is 1. The Hall–Kier alpha value is -1.35. The summed E-state index contributed by atoms with van der Waals surface area (Å²) < 4.78 is 5.28. The van der Waals surface area contributed by atoms with Crippen molar-refractivity contribution in [2.24, 2.45) is 11.7 Å². The highest BCUT2D eigenvalue weighted by Gasteiger charge is 2.24. The van der Waals surface area contributed by atoms with E-state index < -0.39 is 0 Å². The number of carbonyl (C=O) groups is 1. The summed E-state index contributed by atoms with van der Waals surface area (Å²) in [5, 5.41) is 0. The van der Waals surface area contributed by atoms with Crippen molar-refractivity contribution in [3.63, 3.8) is 0 Å². The fourth-order valence-corrected chi connectivity index (χ4v) is 2.62. The first-order valence-electron chi connectivity index (χ1n) is 6.61. The molecule has 0 spiro atoms. The summed E-state index contributed by atoms with van der Waals surface area (Å²) in [6, 6.07) is 8.03. The summed E-state index contributed by atoms with van der Waals surface area (Å²) in [6.07, 6.45) is 4.30. The van der Waals surface area contributed by atoms with Gasteiger partial charge >= 0.3 is 0 Å². The van der Waals surface area contributed by atoms with E-state index in [9.17, 15) is 4.79 Å². The first-order chi connectivity index (χ1) is 8.70. The summed E-state index contributed by atoms with van der Waals surface area (Å²) in [5.41, 5.74) is 6.85. The van der Waals surface area contributed by atoms with Gasteiger partial charge in [0.25, 0.3) is 0 Å². The number of Topliss-reactive ketones (excluding diaryl/α,β-unsaturated/α-hetero) is 1. The largest absolute Gasteiger partial charge is 0.496 e. The maximum atomic E-state index is 12.2. The molecule has 2 rings (SSSR count). The van der Waals surface area contributed by atoms with Gasteiger partial charge in [-0.2, -0.15) is 0 Å². The summed E-state index contributed by atoms with van der Waals surface area (Å²) in [5.74, 6) is 1.32. The molecule has 0 radical (unpaired) electrons. The van der Waals surface area contributed by atoms with E-state index >= 15 is 0 Å². The molecule has 0 atom stereocenters. The van der Waals surface area contributed by atoms with Gasteiger partial charge in [-0.25, -0.2) is 0 Å². The van der Waals surface area contributed by atoms with Crippen LogP contribution in [-0.2, 0) is 11.2 Å². The number of para-hydroxylation sites is 1. The molecular formula is C15H21NO2. The molecule has 1 saturated carbocycles. The summed E-state index contributed by atoms with van der Waals surface area (Å²) in [6.45, 7) is 0. The molecule has 0 amide bonds. The van der Waals surface area contributed by atoms with Gasteiger partial charge in [0, 0.05) is 23.9 Å². The molecular weight excluding hydrogens is 226 g/mol. The summed E-state index contributed by atoms with van der Waals surface area (Å²) in [7, 11) is 1.64. The van der Waals surface area contributed by atoms with Crippen LogP contribution in [0.2, 0.25) is 0 Å². The van der Waals surface area contributed by atoms with E-state index in [2.05, 4.69) is 0 Å². The third kappa shape index (κ3) is 3.10. The maximum Gasteiger partial charge on any atom is 0.140 e. The topological polar surface area (TPSA) is 52.3 Å². The zero-order chi connectivity index (χ0) is 13.0. The Morgan fingerprint density at radius 3 is 2.61 bits per heavy atom. The van der Waals surface area contributed by atoms with E-state index in [-0.39, 0.29) is 5.92 Å². The number of rotatable bonds is 4. The molecule has 0 saturated heterocycles. The van der Waals surface area contributed by atoms with Crippen LogP contribution in [0.3, 0.4) is 0 Å². The molecule has 1 aliphatic carbocycles. The predicted octanol–water partition coefficient (Wildman–Crippen LogP) is 2.32. The second-order valence-electron chi connectivity index (χ2n) is 5.07. The van der Waals surface area contributed by atoms with Crippen molar-refractivity contribution in [3.8, 4) is 5.75 Å². The minimum atomic E-state index is 0.190. The maximum absolute atomic E-state index is 12.2. The highest BCUT2D eigenvalue weighted by atomic mass is 16.5. The van der Waals surface area contributed by atoms with Crippen molar-refractivity contribution < 1.29 is 9.53 Å². The van der Waals surface area contributed by atoms with Gasteiger partial charge in [0.15, 0.2) is 0 Å². The number of hydrogen-bond acceptors (Lipinski definition) is 3. The number of methoxy groups -OCH3 is 1. The molecule has 98 valence electrons. The van der Waals surface area contributed by atoms with Gasteiger partial charge in [0.2, 0.25) is 0 Å². The molecule has 0 aliphatic heterocycles. The van der Waals surface area contributed by atoms with Crippen molar-refractivity contribution in [3.05, 3.63) is 29.8 Å². The fourth-order valence-electron chi connectivity index (χ4n) is 2.62. The monoisotopic (exact) mass is 247 g/mol. The Bertz CT molecular complexity index is 409. The van der Waals surface area contributed by atoms with E-state index in [0.29, 0.717) is 18.2 Å². The first-order valence-corrected chi connectivity index (χ1v) is 6.61. The van der Waals surface area contributed by atoms with Crippen molar-refractivity contribution in [2.75, 3.05) is 7.11 Å². The van der Waals surface area contributed by atoms with E-state index in [1.807, 2.05) is 24.3 Å². The van der Waals surface area contributed by atoms with Crippen LogP contribution in [0.4, 0.5) is 0 Å². The second-order valence-corrected chi connectivity index (χ2v) is 5.07. The Kier molecular flexibility index (Phi) is 4.37. The van der Waals surface area contributed by atoms with Crippen LogP contribution in [0.15, 0.2) is 24.3 Å². The molecule has 0 aromatic heterocycles. The van der Waals surface area contributed by atoms with E-state index in [1.54, 1.807) is 7.11 Å². The van der Waals surface area contributed by atoms with Gasteiger partial charge in [0.05, 0.1) is 7.11 Å². The van der Waals surface area contributed by atoms with Crippen molar-refractivity contribution >= 4 is 5.78 Å². The van der Waals surface area contributed by atoms with Gasteiger partial charge in [-0.15, -0.1) is 0 Å². The van der Waals surface area contributed by atoms with Gasteiger partial charge in [0.1, 0.15) is 11.5 Å². The number of ether oxygens (including phenoxy) is 1. The standard InChI is InChI=1S/C15H21NO2/c1-18-15-5-3-2-4-12(15)10-14(17)11-6-8-13(16)9-7-11/h2-5,11,13H,6-10,16H2,1H3. The van der Waals surface area contributed by atoms with Gasteiger partial charge in [-0.1, -0.05) is 18.2 Å². The minimum absolute atomic E-state index is 0.190. The lowest BCUT2D eigenvalue weighted by molar-refractivity contribution is -0.123. The van der Waals surface area contributed by atoms with Gasteiger partial charge in [-0.3, -0.25) is 4.79 Å². The molecule has 3 nitrogen and oxygen atoms in total. The smallest absolute Gasteiger partial charge is 0.140 e. The zero-order valence-corrected chi connectivity index (χ0v) is 10.9. The Labute approximate surface area is 108 Å². The minimum Gasteiger partial charge on any atom is -0.496 e. The van der Waals surface area contributed by atoms with E-state index in [1.165, 1.54) is 0 Å². The molecule has 1 aromatic rings. The lowest BCUT2D eigenvalue weighted by Gasteiger charge is -2.25. The Morgan fingerprint density at radius 2 is 1.94 bits per heavy atom. The van der Waals surface area contributed by atoms with Crippen LogP contribution >= 0.6 is 0 Å². The molecule has 1 aromatic carbocycles. The van der Waals surface area contributed by atoms with Crippen LogP contribution in [0.1, 0.15) is 31.2 Å². The third-order valence-corrected chi connectivity index (χ3v) is 3.78. The summed E-state index contributed by atoms with van der Waals surface area (Å²) >= 11 is 0. The molecule has 3 heteroatoms.